The summed E-state index contributed by atoms with van der Waals surface area (Å²) in [5.74, 6) is -0.320. The van der Waals surface area contributed by atoms with Gasteiger partial charge in [0.15, 0.2) is 0 Å². The number of benzene rings is 1. The van der Waals surface area contributed by atoms with Gasteiger partial charge in [-0.25, -0.2) is 0 Å². The molecule has 1 saturated heterocycles. The van der Waals surface area contributed by atoms with E-state index < -0.39 is 0 Å². The molecule has 0 aromatic heterocycles. The number of hydrogen-bond donors (Lipinski definition) is 1. The molecule has 0 atom stereocenters. The first-order valence-corrected chi connectivity index (χ1v) is 7.03. The van der Waals surface area contributed by atoms with Crippen molar-refractivity contribution in [1.29, 1.82) is 0 Å². The number of carbonyl (C=O) groups is 2. The van der Waals surface area contributed by atoms with Crippen LogP contribution in [0.15, 0.2) is 30.3 Å². The minimum Gasteiger partial charge on any atom is -0.343 e. The van der Waals surface area contributed by atoms with Gasteiger partial charge in [0, 0.05) is 24.2 Å². The molecule has 5 heteroatoms. The molecule has 0 spiro atoms. The minimum atomic E-state index is -0.294. The Morgan fingerprint density at radius 3 is 2.65 bits per heavy atom. The van der Waals surface area contributed by atoms with Crippen molar-refractivity contribution in [2.24, 2.45) is 0 Å². The molecular weight excluding hydrogens is 276 g/mol. The Morgan fingerprint density at radius 2 is 1.95 bits per heavy atom. The van der Waals surface area contributed by atoms with Crippen molar-refractivity contribution < 1.29 is 9.59 Å². The van der Waals surface area contributed by atoms with Crippen molar-refractivity contribution >= 4 is 29.5 Å². The summed E-state index contributed by atoms with van der Waals surface area (Å²) < 4.78 is 0. The third-order valence-corrected chi connectivity index (χ3v) is 3.54. The Kier molecular flexibility index (Phi) is 5.18. The molecule has 0 radical (unpaired) electrons. The maximum absolute atomic E-state index is 11.7. The largest absolute Gasteiger partial charge is 0.343 e. The van der Waals surface area contributed by atoms with Crippen molar-refractivity contribution in [3.63, 3.8) is 0 Å². The summed E-state index contributed by atoms with van der Waals surface area (Å²) in [5.41, 5.74) is 0.773. The fourth-order valence-corrected chi connectivity index (χ4v) is 2.27. The summed E-state index contributed by atoms with van der Waals surface area (Å²) >= 11 is 5.98. The molecule has 2 rings (SSSR count). The fraction of sp³-hybridized carbons (Fsp3) is 0.333. The van der Waals surface area contributed by atoms with Crippen LogP contribution < -0.4 is 5.32 Å². The van der Waals surface area contributed by atoms with Gasteiger partial charge in [-0.3, -0.25) is 9.59 Å². The number of nitrogens with one attached hydrogen (secondary N) is 1. The lowest BCUT2D eigenvalue weighted by Crippen LogP contribution is -2.38. The van der Waals surface area contributed by atoms with E-state index in [1.165, 1.54) is 6.08 Å². The van der Waals surface area contributed by atoms with Crippen LogP contribution in [-0.4, -0.2) is 36.3 Å². The normalized spacial score (nSPS) is 14.8. The Hall–Kier alpha value is -1.81. The van der Waals surface area contributed by atoms with Crippen molar-refractivity contribution in [3.8, 4) is 0 Å². The number of likely N-dealkylation sites (tertiary alicyclic amines) is 1. The smallest absolute Gasteiger partial charge is 0.244 e. The van der Waals surface area contributed by atoms with Crippen LogP contribution in [-0.2, 0) is 9.59 Å². The summed E-state index contributed by atoms with van der Waals surface area (Å²) in [7, 11) is 0. The number of rotatable bonds is 4. The Bertz CT molecular complexity index is 522. The van der Waals surface area contributed by atoms with Gasteiger partial charge in [-0.15, -0.1) is 0 Å². The molecule has 4 nitrogen and oxygen atoms in total. The predicted octanol–water partition coefficient (Wildman–Crippen LogP) is 2.09. The zero-order chi connectivity index (χ0) is 14.4. The highest BCUT2D eigenvalue weighted by Gasteiger charge is 2.17. The molecule has 0 bridgehead atoms. The third kappa shape index (κ3) is 4.10. The van der Waals surface area contributed by atoms with Gasteiger partial charge in [-0.05, 0) is 30.5 Å². The fourth-order valence-electron chi connectivity index (χ4n) is 2.08. The van der Waals surface area contributed by atoms with E-state index in [2.05, 4.69) is 5.32 Å². The van der Waals surface area contributed by atoms with E-state index in [1.807, 2.05) is 18.2 Å². The average Bonchev–Trinajstić information content (AvgIpc) is 2.98. The molecule has 2 amide bonds. The third-order valence-electron chi connectivity index (χ3n) is 3.19. The standard InChI is InChI=1S/C15H17ClN2O2/c16-13-6-2-1-5-12(13)7-8-14(19)17-11-15(20)18-9-3-4-10-18/h1-2,5-8H,3-4,9-11H2,(H,17,19)/b8-7+. The quantitative estimate of drug-likeness (QED) is 0.864. The molecule has 0 unspecified atom stereocenters. The average molecular weight is 293 g/mol. The summed E-state index contributed by atoms with van der Waals surface area (Å²) in [5, 5.41) is 3.18. The topological polar surface area (TPSA) is 49.4 Å². The molecule has 106 valence electrons. The van der Waals surface area contributed by atoms with Gasteiger partial charge in [-0.2, -0.15) is 0 Å². The highest BCUT2D eigenvalue weighted by Crippen LogP contribution is 2.16. The molecular formula is C15H17ClN2O2. The van der Waals surface area contributed by atoms with Gasteiger partial charge in [-0.1, -0.05) is 29.8 Å². The molecule has 1 aliphatic rings. The van der Waals surface area contributed by atoms with E-state index in [0.29, 0.717) is 5.02 Å². The molecule has 0 aliphatic carbocycles. The van der Waals surface area contributed by atoms with Gasteiger partial charge < -0.3 is 10.2 Å². The first-order chi connectivity index (χ1) is 9.66. The molecule has 1 N–H and O–H groups in total. The zero-order valence-corrected chi connectivity index (χ0v) is 11.9. The molecule has 1 aromatic rings. The summed E-state index contributed by atoms with van der Waals surface area (Å²) in [6.45, 7) is 1.64. The van der Waals surface area contributed by atoms with E-state index in [9.17, 15) is 9.59 Å². The van der Waals surface area contributed by atoms with Crippen LogP contribution in [0.25, 0.3) is 6.08 Å². The lowest BCUT2D eigenvalue weighted by molar-refractivity contribution is -0.131. The summed E-state index contributed by atoms with van der Waals surface area (Å²) in [6.07, 6.45) is 5.12. The lowest BCUT2D eigenvalue weighted by Gasteiger charge is -2.14. The highest BCUT2D eigenvalue weighted by molar-refractivity contribution is 6.32. The zero-order valence-electron chi connectivity index (χ0n) is 11.1. The van der Waals surface area contributed by atoms with Gasteiger partial charge in [0.05, 0.1) is 6.54 Å². The van der Waals surface area contributed by atoms with Crippen molar-refractivity contribution in [1.82, 2.24) is 10.2 Å². The highest BCUT2D eigenvalue weighted by atomic mass is 35.5. The monoisotopic (exact) mass is 292 g/mol. The molecule has 1 heterocycles. The Balaban J connectivity index is 1.80. The second-order valence-corrected chi connectivity index (χ2v) is 5.07. The van der Waals surface area contributed by atoms with Crippen LogP contribution in [0.5, 0.6) is 0 Å². The second-order valence-electron chi connectivity index (χ2n) is 4.66. The van der Waals surface area contributed by atoms with Crippen LogP contribution >= 0.6 is 11.6 Å². The molecule has 1 fully saturated rings. The number of hydrogen-bond acceptors (Lipinski definition) is 2. The summed E-state index contributed by atoms with van der Waals surface area (Å²) in [4.78, 5) is 25.2. The minimum absolute atomic E-state index is 0.0259. The van der Waals surface area contributed by atoms with Gasteiger partial charge in [0.1, 0.15) is 0 Å². The van der Waals surface area contributed by atoms with E-state index in [0.717, 1.165) is 31.5 Å². The number of nitrogens with zero attached hydrogens (tertiary/aromatic N) is 1. The maximum Gasteiger partial charge on any atom is 0.244 e. The maximum atomic E-state index is 11.7. The van der Waals surface area contributed by atoms with E-state index >= 15 is 0 Å². The second kappa shape index (κ2) is 7.10. The van der Waals surface area contributed by atoms with E-state index in [-0.39, 0.29) is 18.4 Å². The van der Waals surface area contributed by atoms with Crippen LogP contribution in [0.2, 0.25) is 5.02 Å². The lowest BCUT2D eigenvalue weighted by atomic mass is 10.2. The predicted molar refractivity (Wildman–Crippen MR) is 79.3 cm³/mol. The van der Waals surface area contributed by atoms with E-state index in [4.69, 9.17) is 11.6 Å². The molecule has 1 aliphatic heterocycles. The summed E-state index contributed by atoms with van der Waals surface area (Å²) in [6, 6.07) is 7.26. The van der Waals surface area contributed by atoms with Gasteiger partial charge in [0.2, 0.25) is 11.8 Å². The molecule has 1 aromatic carbocycles. The van der Waals surface area contributed by atoms with Gasteiger partial charge >= 0.3 is 0 Å². The first-order valence-electron chi connectivity index (χ1n) is 6.65. The number of halogens is 1. The van der Waals surface area contributed by atoms with Crippen LogP contribution in [0.3, 0.4) is 0 Å². The van der Waals surface area contributed by atoms with E-state index in [1.54, 1.807) is 17.0 Å². The van der Waals surface area contributed by atoms with Crippen LogP contribution in [0.1, 0.15) is 18.4 Å². The molecule has 0 saturated carbocycles. The van der Waals surface area contributed by atoms with Crippen molar-refractivity contribution in [2.45, 2.75) is 12.8 Å². The number of amides is 2. The van der Waals surface area contributed by atoms with Crippen LogP contribution in [0, 0.1) is 0 Å². The van der Waals surface area contributed by atoms with Crippen molar-refractivity contribution in [3.05, 3.63) is 40.9 Å². The molecule has 20 heavy (non-hydrogen) atoms. The van der Waals surface area contributed by atoms with Gasteiger partial charge in [0.25, 0.3) is 0 Å². The first kappa shape index (κ1) is 14.6. The SMILES string of the molecule is O=C(/C=C/c1ccccc1Cl)NCC(=O)N1CCCC1. The number of carbonyl (C=O) groups excluding carboxylic acids is 2. The van der Waals surface area contributed by atoms with Crippen LogP contribution in [0.4, 0.5) is 0 Å². The Labute approximate surface area is 123 Å². The van der Waals surface area contributed by atoms with Crippen molar-refractivity contribution in [2.75, 3.05) is 19.6 Å². The Morgan fingerprint density at radius 1 is 1.25 bits per heavy atom.